The van der Waals surface area contributed by atoms with Crippen LogP contribution in [0.1, 0.15) is 32.4 Å². The van der Waals surface area contributed by atoms with Gasteiger partial charge in [-0.2, -0.15) is 5.26 Å². The highest BCUT2D eigenvalue weighted by Gasteiger charge is 2.27. The lowest BCUT2D eigenvalue weighted by molar-refractivity contribution is 0.634. The lowest BCUT2D eigenvalue weighted by atomic mass is 10.2. The molecule has 0 N–H and O–H groups in total. The number of nitriles is 1. The predicted molar refractivity (Wildman–Crippen MR) is 62.0 cm³/mol. The average Bonchev–Trinajstić information content (AvgIpc) is 3.09. The Kier molecular flexibility index (Phi) is 3.04. The lowest BCUT2D eigenvalue weighted by Gasteiger charge is -2.28. The van der Waals surface area contributed by atoms with Gasteiger partial charge in [0.15, 0.2) is 11.5 Å². The first-order valence-electron chi connectivity index (χ1n) is 5.70. The van der Waals surface area contributed by atoms with Gasteiger partial charge in [0.2, 0.25) is 0 Å². The van der Waals surface area contributed by atoms with Crippen LogP contribution in [-0.4, -0.2) is 22.6 Å². The Morgan fingerprint density at radius 3 is 2.69 bits per heavy atom. The maximum absolute atomic E-state index is 9.02. The molecule has 1 aromatic heterocycles. The van der Waals surface area contributed by atoms with E-state index in [2.05, 4.69) is 34.8 Å². The summed E-state index contributed by atoms with van der Waals surface area (Å²) in [6.07, 6.45) is 5.81. The Morgan fingerprint density at radius 1 is 1.44 bits per heavy atom. The van der Waals surface area contributed by atoms with E-state index >= 15 is 0 Å². The molecule has 0 spiro atoms. The van der Waals surface area contributed by atoms with Gasteiger partial charge >= 0.3 is 0 Å². The van der Waals surface area contributed by atoms with E-state index in [0.717, 1.165) is 18.3 Å². The Hall–Kier alpha value is -1.63. The molecule has 1 aromatic rings. The average molecular weight is 216 g/mol. The molecule has 0 unspecified atom stereocenters. The number of nitrogens with zero attached hydrogens (tertiary/aromatic N) is 4. The first-order chi connectivity index (χ1) is 7.72. The van der Waals surface area contributed by atoms with Crippen LogP contribution >= 0.6 is 0 Å². The summed E-state index contributed by atoms with van der Waals surface area (Å²) in [6, 6.07) is 2.46. The van der Waals surface area contributed by atoms with Crippen LogP contribution in [0.15, 0.2) is 12.4 Å². The van der Waals surface area contributed by atoms with Gasteiger partial charge in [-0.15, -0.1) is 0 Å². The molecule has 16 heavy (non-hydrogen) atoms. The molecule has 0 atom stereocenters. The van der Waals surface area contributed by atoms with Crippen molar-refractivity contribution in [2.75, 3.05) is 11.4 Å². The van der Waals surface area contributed by atoms with E-state index in [4.69, 9.17) is 5.26 Å². The number of aromatic nitrogens is 2. The quantitative estimate of drug-likeness (QED) is 0.772. The fourth-order valence-corrected chi connectivity index (χ4v) is 1.74. The molecule has 0 bridgehead atoms. The first kappa shape index (κ1) is 10.9. The maximum atomic E-state index is 9.02. The molecule has 1 saturated carbocycles. The third kappa shape index (κ3) is 2.30. The minimum absolute atomic E-state index is 0.351. The standard InChI is InChI=1S/C12H16N4/c1-9(2)16(8-10-3-4-10)12-11(7-13)14-5-6-15-12/h5-6,9-10H,3-4,8H2,1-2H3. The second-order valence-corrected chi connectivity index (χ2v) is 4.53. The number of anilines is 1. The molecule has 1 aliphatic carbocycles. The van der Waals surface area contributed by atoms with Crippen LogP contribution in [0.4, 0.5) is 5.82 Å². The van der Waals surface area contributed by atoms with E-state index in [0.29, 0.717) is 11.7 Å². The van der Waals surface area contributed by atoms with Crippen molar-refractivity contribution in [2.24, 2.45) is 5.92 Å². The summed E-state index contributed by atoms with van der Waals surface area (Å²) >= 11 is 0. The van der Waals surface area contributed by atoms with Crippen LogP contribution in [0.2, 0.25) is 0 Å². The smallest absolute Gasteiger partial charge is 0.183 e. The van der Waals surface area contributed by atoms with E-state index < -0.39 is 0 Å². The Morgan fingerprint density at radius 2 is 2.12 bits per heavy atom. The molecular weight excluding hydrogens is 200 g/mol. The monoisotopic (exact) mass is 216 g/mol. The molecule has 0 aliphatic heterocycles. The zero-order chi connectivity index (χ0) is 11.5. The van der Waals surface area contributed by atoms with Gasteiger partial charge in [0.1, 0.15) is 6.07 Å². The highest BCUT2D eigenvalue weighted by molar-refractivity contribution is 5.50. The molecule has 0 radical (unpaired) electrons. The number of hydrogen-bond donors (Lipinski definition) is 0. The third-order valence-corrected chi connectivity index (χ3v) is 2.83. The molecule has 1 heterocycles. The fourth-order valence-electron chi connectivity index (χ4n) is 1.74. The Balaban J connectivity index is 2.26. The summed E-state index contributed by atoms with van der Waals surface area (Å²) in [4.78, 5) is 10.5. The van der Waals surface area contributed by atoms with E-state index in [9.17, 15) is 0 Å². The third-order valence-electron chi connectivity index (χ3n) is 2.83. The molecule has 4 heteroatoms. The summed E-state index contributed by atoms with van der Waals surface area (Å²) in [5.41, 5.74) is 0.428. The molecule has 1 fully saturated rings. The van der Waals surface area contributed by atoms with Gasteiger partial charge in [-0.3, -0.25) is 0 Å². The maximum Gasteiger partial charge on any atom is 0.183 e. The predicted octanol–water partition coefficient (Wildman–Crippen LogP) is 1.97. The molecule has 0 saturated heterocycles. The lowest BCUT2D eigenvalue weighted by Crippen LogP contribution is -2.34. The molecule has 0 amide bonds. The van der Waals surface area contributed by atoms with Crippen molar-refractivity contribution in [1.82, 2.24) is 9.97 Å². The van der Waals surface area contributed by atoms with Crippen molar-refractivity contribution >= 4 is 5.82 Å². The Bertz CT molecular complexity index is 404. The van der Waals surface area contributed by atoms with E-state index in [1.165, 1.54) is 12.8 Å². The van der Waals surface area contributed by atoms with Crippen LogP contribution in [-0.2, 0) is 0 Å². The van der Waals surface area contributed by atoms with Crippen LogP contribution < -0.4 is 4.90 Å². The topological polar surface area (TPSA) is 52.8 Å². The van der Waals surface area contributed by atoms with Gasteiger partial charge in [-0.05, 0) is 32.6 Å². The van der Waals surface area contributed by atoms with Crippen molar-refractivity contribution in [2.45, 2.75) is 32.7 Å². The van der Waals surface area contributed by atoms with Gasteiger partial charge in [-0.25, -0.2) is 9.97 Å². The number of hydrogen-bond acceptors (Lipinski definition) is 4. The summed E-state index contributed by atoms with van der Waals surface area (Å²) in [5, 5.41) is 9.02. The largest absolute Gasteiger partial charge is 0.352 e. The summed E-state index contributed by atoms with van der Waals surface area (Å²) in [5.74, 6) is 1.50. The van der Waals surface area contributed by atoms with E-state index in [1.807, 2.05) is 0 Å². The second kappa shape index (κ2) is 4.48. The van der Waals surface area contributed by atoms with Gasteiger partial charge in [0.25, 0.3) is 0 Å². The van der Waals surface area contributed by atoms with Crippen molar-refractivity contribution in [1.29, 1.82) is 5.26 Å². The van der Waals surface area contributed by atoms with Gasteiger partial charge in [0.05, 0.1) is 0 Å². The van der Waals surface area contributed by atoms with Gasteiger partial charge < -0.3 is 4.90 Å². The molecule has 2 rings (SSSR count). The first-order valence-corrected chi connectivity index (χ1v) is 5.70. The highest BCUT2D eigenvalue weighted by Crippen LogP contribution is 2.32. The summed E-state index contributed by atoms with van der Waals surface area (Å²) in [6.45, 7) is 5.24. The zero-order valence-corrected chi connectivity index (χ0v) is 9.72. The van der Waals surface area contributed by atoms with Crippen molar-refractivity contribution in [3.05, 3.63) is 18.1 Å². The molecule has 4 nitrogen and oxygen atoms in total. The second-order valence-electron chi connectivity index (χ2n) is 4.53. The van der Waals surface area contributed by atoms with E-state index in [-0.39, 0.29) is 0 Å². The van der Waals surface area contributed by atoms with Crippen molar-refractivity contribution in [3.63, 3.8) is 0 Å². The molecule has 1 aliphatic rings. The van der Waals surface area contributed by atoms with Gasteiger partial charge in [0, 0.05) is 25.0 Å². The normalized spacial score (nSPS) is 14.9. The van der Waals surface area contributed by atoms with Crippen LogP contribution in [0.5, 0.6) is 0 Å². The van der Waals surface area contributed by atoms with Crippen LogP contribution in [0.25, 0.3) is 0 Å². The minimum atomic E-state index is 0.351. The molecule has 0 aromatic carbocycles. The van der Waals surface area contributed by atoms with Crippen LogP contribution in [0.3, 0.4) is 0 Å². The number of rotatable bonds is 4. The fraction of sp³-hybridized carbons (Fsp3) is 0.583. The zero-order valence-electron chi connectivity index (χ0n) is 9.72. The summed E-state index contributed by atoms with van der Waals surface area (Å²) < 4.78 is 0. The summed E-state index contributed by atoms with van der Waals surface area (Å²) in [7, 11) is 0. The van der Waals surface area contributed by atoms with Gasteiger partial charge in [-0.1, -0.05) is 0 Å². The van der Waals surface area contributed by atoms with Crippen molar-refractivity contribution in [3.8, 4) is 6.07 Å². The van der Waals surface area contributed by atoms with Crippen LogP contribution in [0, 0.1) is 17.2 Å². The Labute approximate surface area is 95.9 Å². The van der Waals surface area contributed by atoms with E-state index in [1.54, 1.807) is 12.4 Å². The SMILES string of the molecule is CC(C)N(CC1CC1)c1nccnc1C#N. The minimum Gasteiger partial charge on any atom is -0.352 e. The van der Waals surface area contributed by atoms with Crippen molar-refractivity contribution < 1.29 is 0 Å². The highest BCUT2D eigenvalue weighted by atomic mass is 15.2. The molecule has 84 valence electrons. The molecular formula is C12H16N4.